The number of benzene rings is 3. The lowest BCUT2D eigenvalue weighted by Crippen LogP contribution is -2.15. The fraction of sp³-hybridized carbons (Fsp3) is 0.130. The van der Waals surface area contributed by atoms with Crippen molar-refractivity contribution in [2.45, 2.75) is 11.3 Å². The first-order valence-corrected chi connectivity index (χ1v) is 10.3. The van der Waals surface area contributed by atoms with Crippen LogP contribution in [0.15, 0.2) is 77.7 Å². The number of anilines is 2. The van der Waals surface area contributed by atoms with E-state index in [1.807, 2.05) is 24.3 Å². The fourth-order valence-corrected chi connectivity index (χ4v) is 3.52. The molecule has 3 rings (SSSR count). The topological polar surface area (TPSA) is 67.4 Å². The van der Waals surface area contributed by atoms with Crippen molar-refractivity contribution in [1.29, 1.82) is 0 Å². The molecule has 5 nitrogen and oxygen atoms in total. The van der Waals surface area contributed by atoms with Gasteiger partial charge < -0.3 is 15.4 Å². The second kappa shape index (κ2) is 10.5. The van der Waals surface area contributed by atoms with Gasteiger partial charge in [-0.1, -0.05) is 12.1 Å². The molecule has 0 atom stereocenters. The van der Waals surface area contributed by atoms with E-state index in [9.17, 15) is 14.0 Å². The Kier molecular flexibility index (Phi) is 7.45. The molecule has 0 unspecified atom stereocenters. The smallest absolute Gasteiger partial charge is 0.255 e. The third-order valence-electron chi connectivity index (χ3n) is 4.15. The summed E-state index contributed by atoms with van der Waals surface area (Å²) >= 11 is 1.58. The van der Waals surface area contributed by atoms with Crippen molar-refractivity contribution in [2.75, 3.05) is 23.5 Å². The highest BCUT2D eigenvalue weighted by Crippen LogP contribution is 2.22. The van der Waals surface area contributed by atoms with Gasteiger partial charge in [-0.2, -0.15) is 0 Å². The third-order valence-corrected chi connectivity index (χ3v) is 5.16. The third kappa shape index (κ3) is 6.35. The van der Waals surface area contributed by atoms with Crippen molar-refractivity contribution in [3.8, 4) is 5.75 Å². The molecule has 30 heavy (non-hydrogen) atoms. The summed E-state index contributed by atoms with van der Waals surface area (Å²) < 4.78 is 18.4. The number of methoxy groups -OCH3 is 1. The van der Waals surface area contributed by atoms with Crippen molar-refractivity contribution < 1.29 is 18.7 Å². The van der Waals surface area contributed by atoms with Gasteiger partial charge in [0.15, 0.2) is 0 Å². The second-order valence-electron chi connectivity index (χ2n) is 6.37. The first-order valence-electron chi connectivity index (χ1n) is 9.27. The van der Waals surface area contributed by atoms with Crippen LogP contribution in [0.4, 0.5) is 15.8 Å². The molecule has 2 amide bonds. The first kappa shape index (κ1) is 21.4. The molecular formula is C23H21FN2O3S. The van der Waals surface area contributed by atoms with E-state index >= 15 is 0 Å². The molecule has 0 saturated carbocycles. The molecule has 7 heteroatoms. The van der Waals surface area contributed by atoms with Gasteiger partial charge in [-0.3, -0.25) is 9.59 Å². The monoisotopic (exact) mass is 424 g/mol. The number of ether oxygens (including phenoxy) is 1. The molecule has 0 bridgehead atoms. The van der Waals surface area contributed by atoms with Gasteiger partial charge in [0, 0.05) is 34.0 Å². The van der Waals surface area contributed by atoms with Gasteiger partial charge in [-0.05, 0) is 60.7 Å². The predicted molar refractivity (Wildman–Crippen MR) is 118 cm³/mol. The maximum Gasteiger partial charge on any atom is 0.255 e. The van der Waals surface area contributed by atoms with Crippen molar-refractivity contribution in [3.63, 3.8) is 0 Å². The minimum absolute atomic E-state index is 0.140. The lowest BCUT2D eigenvalue weighted by molar-refractivity contribution is -0.115. The van der Waals surface area contributed by atoms with Crippen molar-refractivity contribution in [3.05, 3.63) is 84.2 Å². The summed E-state index contributed by atoms with van der Waals surface area (Å²) in [6, 6.07) is 19.9. The van der Waals surface area contributed by atoms with Crippen LogP contribution in [-0.4, -0.2) is 24.7 Å². The van der Waals surface area contributed by atoms with Gasteiger partial charge in [0.25, 0.3) is 5.91 Å². The van der Waals surface area contributed by atoms with Crippen LogP contribution in [0.5, 0.6) is 5.75 Å². The molecule has 0 heterocycles. The Morgan fingerprint density at radius 1 is 0.933 bits per heavy atom. The predicted octanol–water partition coefficient (Wildman–Crippen LogP) is 5.21. The van der Waals surface area contributed by atoms with Gasteiger partial charge in [0.1, 0.15) is 11.6 Å². The number of hydrogen-bond donors (Lipinski definition) is 2. The Morgan fingerprint density at radius 2 is 1.63 bits per heavy atom. The summed E-state index contributed by atoms with van der Waals surface area (Å²) in [5.41, 5.74) is 1.26. The highest BCUT2D eigenvalue weighted by Gasteiger charge is 2.09. The van der Waals surface area contributed by atoms with Crippen LogP contribution in [0.3, 0.4) is 0 Å². The largest absolute Gasteiger partial charge is 0.497 e. The zero-order valence-corrected chi connectivity index (χ0v) is 17.2. The Hall–Kier alpha value is -3.32. The molecular weight excluding hydrogens is 403 g/mol. The minimum Gasteiger partial charge on any atom is -0.497 e. The maximum atomic E-state index is 13.3. The fourth-order valence-electron chi connectivity index (χ4n) is 2.66. The highest BCUT2D eigenvalue weighted by atomic mass is 32.2. The maximum absolute atomic E-state index is 13.3. The van der Waals surface area contributed by atoms with Gasteiger partial charge in [0.05, 0.1) is 7.11 Å². The molecule has 0 spiro atoms. The zero-order valence-electron chi connectivity index (χ0n) is 16.4. The molecule has 154 valence electrons. The van der Waals surface area contributed by atoms with Crippen molar-refractivity contribution >= 4 is 35.0 Å². The summed E-state index contributed by atoms with van der Waals surface area (Å²) in [5, 5.41) is 5.44. The molecule has 0 aliphatic heterocycles. The average molecular weight is 424 g/mol. The van der Waals surface area contributed by atoms with Crippen LogP contribution >= 0.6 is 11.8 Å². The number of amides is 2. The van der Waals surface area contributed by atoms with E-state index in [2.05, 4.69) is 10.6 Å². The standard InChI is InChI=1S/C23H21FN2O3S/c1-29-20-8-10-21(11-9-20)30-13-12-22(27)25-18-6-2-4-16(14-18)23(28)26-19-7-3-5-17(24)15-19/h2-11,14-15H,12-13H2,1H3,(H,25,27)(H,26,28). The zero-order chi connectivity index (χ0) is 21.3. The van der Waals surface area contributed by atoms with E-state index < -0.39 is 5.82 Å². The molecule has 3 aromatic rings. The number of thioether (sulfide) groups is 1. The number of carbonyl (C=O) groups excluding carboxylic acids is 2. The number of carbonyl (C=O) groups is 2. The number of rotatable bonds is 8. The highest BCUT2D eigenvalue weighted by molar-refractivity contribution is 7.99. The van der Waals surface area contributed by atoms with E-state index in [0.29, 0.717) is 29.1 Å². The van der Waals surface area contributed by atoms with Gasteiger partial charge >= 0.3 is 0 Å². The number of nitrogens with one attached hydrogen (secondary N) is 2. The van der Waals surface area contributed by atoms with E-state index in [1.165, 1.54) is 18.2 Å². The molecule has 0 aliphatic carbocycles. The lowest BCUT2D eigenvalue weighted by Gasteiger charge is -2.09. The van der Waals surface area contributed by atoms with Gasteiger partial charge in [0.2, 0.25) is 5.91 Å². The summed E-state index contributed by atoms with van der Waals surface area (Å²) in [7, 11) is 1.62. The molecule has 0 aliphatic rings. The SMILES string of the molecule is COc1ccc(SCCC(=O)Nc2cccc(C(=O)Nc3cccc(F)c3)c2)cc1. The quantitative estimate of drug-likeness (QED) is 0.487. The van der Waals surface area contributed by atoms with Gasteiger partial charge in [-0.15, -0.1) is 11.8 Å². The van der Waals surface area contributed by atoms with Crippen LogP contribution in [-0.2, 0) is 4.79 Å². The molecule has 0 aromatic heterocycles. The molecule has 2 N–H and O–H groups in total. The van der Waals surface area contributed by atoms with E-state index in [4.69, 9.17) is 4.74 Å². The lowest BCUT2D eigenvalue weighted by atomic mass is 10.1. The molecule has 0 fully saturated rings. The molecule has 3 aromatic carbocycles. The van der Waals surface area contributed by atoms with Crippen molar-refractivity contribution in [2.24, 2.45) is 0 Å². The summed E-state index contributed by atoms with van der Waals surface area (Å²) in [5.74, 6) is 0.461. The second-order valence-corrected chi connectivity index (χ2v) is 7.54. The molecule has 0 saturated heterocycles. The molecule has 0 radical (unpaired) electrons. The number of halogens is 1. The Labute approximate surface area is 178 Å². The summed E-state index contributed by atoms with van der Waals surface area (Å²) in [6.45, 7) is 0. The number of hydrogen-bond acceptors (Lipinski definition) is 4. The van der Waals surface area contributed by atoms with Crippen molar-refractivity contribution in [1.82, 2.24) is 0 Å². The minimum atomic E-state index is -0.429. The Morgan fingerprint density at radius 3 is 2.33 bits per heavy atom. The Balaban J connectivity index is 1.51. The first-order chi connectivity index (χ1) is 14.5. The van der Waals surface area contributed by atoms with E-state index in [0.717, 1.165) is 10.6 Å². The van der Waals surface area contributed by atoms with Crippen LogP contribution < -0.4 is 15.4 Å². The average Bonchev–Trinajstić information content (AvgIpc) is 2.74. The van der Waals surface area contributed by atoms with Crippen LogP contribution in [0.2, 0.25) is 0 Å². The van der Waals surface area contributed by atoms with Crippen LogP contribution in [0.1, 0.15) is 16.8 Å². The summed E-state index contributed by atoms with van der Waals surface area (Å²) in [6.07, 6.45) is 0.330. The van der Waals surface area contributed by atoms with Crippen LogP contribution in [0.25, 0.3) is 0 Å². The van der Waals surface area contributed by atoms with Crippen LogP contribution in [0, 0.1) is 5.82 Å². The van der Waals surface area contributed by atoms with E-state index in [-0.39, 0.29) is 11.8 Å². The summed E-state index contributed by atoms with van der Waals surface area (Å²) in [4.78, 5) is 25.7. The van der Waals surface area contributed by atoms with E-state index in [1.54, 1.807) is 49.2 Å². The normalized spacial score (nSPS) is 10.3. The van der Waals surface area contributed by atoms with Gasteiger partial charge in [-0.25, -0.2) is 4.39 Å². The Bertz CT molecular complexity index is 1020.